The quantitative estimate of drug-likeness (QED) is 0.335. The van der Waals surface area contributed by atoms with Crippen molar-refractivity contribution in [1.82, 2.24) is 10.2 Å². The average Bonchev–Trinajstić information content (AvgIpc) is 2.90. The van der Waals surface area contributed by atoms with Gasteiger partial charge in [0.05, 0.1) is 10.6 Å². The van der Waals surface area contributed by atoms with Gasteiger partial charge >= 0.3 is 0 Å². The topological polar surface area (TPSA) is 86.8 Å². The number of hydrogen-bond acceptors (Lipinski definition) is 4. The van der Waals surface area contributed by atoms with Gasteiger partial charge in [-0.2, -0.15) is 0 Å². The molecule has 40 heavy (non-hydrogen) atoms. The Kier molecular flexibility index (Phi) is 10.5. The van der Waals surface area contributed by atoms with Crippen molar-refractivity contribution in [3.05, 3.63) is 95.1 Å². The van der Waals surface area contributed by atoms with Crippen LogP contribution in [0.3, 0.4) is 0 Å². The van der Waals surface area contributed by atoms with Gasteiger partial charge in [0.1, 0.15) is 12.6 Å². The van der Waals surface area contributed by atoms with E-state index in [1.54, 1.807) is 43.3 Å². The van der Waals surface area contributed by atoms with Gasteiger partial charge in [-0.25, -0.2) is 8.42 Å². The van der Waals surface area contributed by atoms with E-state index >= 15 is 0 Å². The van der Waals surface area contributed by atoms with Gasteiger partial charge < -0.3 is 10.2 Å². The number of anilines is 1. The molecule has 0 heterocycles. The van der Waals surface area contributed by atoms with Crippen molar-refractivity contribution >= 4 is 27.5 Å². The largest absolute Gasteiger partial charge is 0.354 e. The van der Waals surface area contributed by atoms with E-state index in [9.17, 15) is 18.0 Å². The predicted octanol–water partition coefficient (Wildman–Crippen LogP) is 5.04. The van der Waals surface area contributed by atoms with E-state index in [0.29, 0.717) is 18.7 Å². The molecule has 0 saturated carbocycles. The number of benzene rings is 3. The summed E-state index contributed by atoms with van der Waals surface area (Å²) in [6, 6.07) is 21.0. The molecular weight excluding hydrogens is 522 g/mol. The molecule has 0 unspecified atom stereocenters. The molecule has 1 N–H and O–H groups in total. The highest BCUT2D eigenvalue weighted by Crippen LogP contribution is 2.26. The number of carbonyl (C=O) groups is 2. The molecule has 3 aromatic rings. The van der Waals surface area contributed by atoms with E-state index < -0.39 is 28.5 Å². The summed E-state index contributed by atoms with van der Waals surface area (Å²) in [5.74, 6) is -0.461. The molecule has 3 aromatic carbocycles. The number of sulfonamides is 1. The maximum atomic E-state index is 14.0. The lowest BCUT2D eigenvalue weighted by Crippen LogP contribution is -2.52. The number of aryl methyl sites for hydroxylation is 3. The third-order valence-corrected chi connectivity index (χ3v) is 8.51. The smallest absolute Gasteiger partial charge is 0.264 e. The molecule has 0 aliphatic rings. The van der Waals surface area contributed by atoms with E-state index in [1.165, 1.54) is 4.90 Å². The fourth-order valence-corrected chi connectivity index (χ4v) is 5.88. The molecule has 0 aliphatic heterocycles. The summed E-state index contributed by atoms with van der Waals surface area (Å²) < 4.78 is 29.1. The first-order chi connectivity index (χ1) is 18.9. The van der Waals surface area contributed by atoms with Gasteiger partial charge in [-0.3, -0.25) is 13.9 Å². The molecule has 0 radical (unpaired) electrons. The lowest BCUT2D eigenvalue weighted by molar-refractivity contribution is -0.138. The van der Waals surface area contributed by atoms with Gasteiger partial charge in [0.2, 0.25) is 11.8 Å². The molecule has 0 fully saturated rings. The van der Waals surface area contributed by atoms with Crippen LogP contribution in [0.4, 0.5) is 5.69 Å². The number of amides is 2. The molecule has 1 atom stereocenters. The average molecular weight is 564 g/mol. The Labute approximate surface area is 239 Å². The Morgan fingerprint density at radius 2 is 1.43 bits per heavy atom. The van der Waals surface area contributed by atoms with E-state index in [2.05, 4.69) is 5.32 Å². The molecule has 3 rings (SSSR count). The summed E-state index contributed by atoms with van der Waals surface area (Å²) in [6.07, 6.45) is 0.530. The lowest BCUT2D eigenvalue weighted by atomic mass is 10.1. The number of carbonyl (C=O) groups excluding carboxylic acids is 2. The van der Waals surface area contributed by atoms with Gasteiger partial charge in [-0.1, -0.05) is 67.9 Å². The Bertz CT molecular complexity index is 1380. The zero-order chi connectivity index (χ0) is 29.4. The number of rotatable bonds is 12. The highest BCUT2D eigenvalue weighted by atomic mass is 32.2. The first-order valence-electron chi connectivity index (χ1n) is 13.7. The Morgan fingerprint density at radius 3 is 2.00 bits per heavy atom. The number of hydrogen-bond donors (Lipinski definition) is 1. The van der Waals surface area contributed by atoms with Crippen molar-refractivity contribution in [1.29, 1.82) is 0 Å². The van der Waals surface area contributed by atoms with Crippen LogP contribution in [0.5, 0.6) is 0 Å². The van der Waals surface area contributed by atoms with Gasteiger partial charge in [0.25, 0.3) is 10.0 Å². The van der Waals surface area contributed by atoms with Crippen LogP contribution in [0.25, 0.3) is 0 Å². The molecule has 0 aromatic heterocycles. The first kappa shape index (κ1) is 30.9. The second-order valence-electron chi connectivity index (χ2n) is 10.8. The molecule has 7 nitrogen and oxygen atoms in total. The van der Waals surface area contributed by atoms with Crippen molar-refractivity contribution in [3.8, 4) is 0 Å². The normalized spacial score (nSPS) is 12.2. The molecular formula is C32H41N3O4S. The van der Waals surface area contributed by atoms with E-state index in [-0.39, 0.29) is 23.3 Å². The zero-order valence-corrected chi connectivity index (χ0v) is 25.2. The highest BCUT2D eigenvalue weighted by molar-refractivity contribution is 7.92. The fourth-order valence-electron chi connectivity index (χ4n) is 4.48. The minimum absolute atomic E-state index is 0.101. The zero-order valence-electron chi connectivity index (χ0n) is 24.3. The molecule has 0 saturated heterocycles. The highest BCUT2D eigenvalue weighted by Gasteiger charge is 2.32. The second-order valence-corrected chi connectivity index (χ2v) is 12.7. The van der Waals surface area contributed by atoms with E-state index in [4.69, 9.17) is 0 Å². The predicted molar refractivity (Wildman–Crippen MR) is 161 cm³/mol. The summed E-state index contributed by atoms with van der Waals surface area (Å²) in [4.78, 5) is 28.6. The van der Waals surface area contributed by atoms with Crippen LogP contribution < -0.4 is 9.62 Å². The van der Waals surface area contributed by atoms with E-state index in [0.717, 1.165) is 26.6 Å². The van der Waals surface area contributed by atoms with Gasteiger partial charge in [-0.05, 0) is 81.0 Å². The molecule has 2 amide bonds. The Morgan fingerprint density at radius 1 is 0.825 bits per heavy atom. The maximum absolute atomic E-state index is 14.0. The minimum Gasteiger partial charge on any atom is -0.354 e. The number of nitrogens with one attached hydrogen (secondary N) is 1. The van der Waals surface area contributed by atoms with Crippen molar-refractivity contribution in [3.63, 3.8) is 0 Å². The van der Waals surface area contributed by atoms with Crippen LogP contribution in [-0.2, 0) is 26.0 Å². The van der Waals surface area contributed by atoms with E-state index in [1.807, 2.05) is 71.0 Å². The van der Waals surface area contributed by atoms with Gasteiger partial charge in [0.15, 0.2) is 0 Å². The van der Waals surface area contributed by atoms with Gasteiger partial charge in [0, 0.05) is 13.1 Å². The molecule has 214 valence electrons. The van der Waals surface area contributed by atoms with Crippen LogP contribution in [0.2, 0.25) is 0 Å². The third kappa shape index (κ3) is 8.18. The van der Waals surface area contributed by atoms with Crippen LogP contribution in [0, 0.1) is 26.7 Å². The fraction of sp³-hybridized carbons (Fsp3) is 0.375. The summed E-state index contributed by atoms with van der Waals surface area (Å²) in [5, 5.41) is 2.91. The Hall–Kier alpha value is -3.65. The molecule has 0 aliphatic carbocycles. The third-order valence-electron chi connectivity index (χ3n) is 6.72. The molecule has 0 spiro atoms. The maximum Gasteiger partial charge on any atom is 0.264 e. The number of nitrogens with zero attached hydrogens (tertiary/aromatic N) is 2. The van der Waals surface area contributed by atoms with Crippen LogP contribution >= 0.6 is 0 Å². The summed E-state index contributed by atoms with van der Waals surface area (Å²) in [6.45, 7) is 11.7. The SMILES string of the molecule is Cc1ccc(S(=O)(=O)N(CC(=O)N(CCc2ccccc2)[C@@H](C)C(=O)NCC(C)C)c2cc(C)cc(C)c2)cc1. The molecule has 8 heteroatoms. The van der Waals surface area contributed by atoms with Crippen molar-refractivity contribution in [2.75, 3.05) is 23.9 Å². The minimum atomic E-state index is -4.08. The standard InChI is InChI=1S/C32H41N3O4S/c1-23(2)21-33-32(37)27(6)34(17-16-28-10-8-7-9-11-28)31(36)22-35(29-19-25(4)18-26(5)20-29)40(38,39)30-14-12-24(3)13-15-30/h7-15,18-20,23,27H,16-17,21-22H2,1-6H3,(H,33,37)/t27-/m0/s1. The summed E-state index contributed by atoms with van der Waals surface area (Å²) in [5.41, 5.74) is 4.13. The lowest BCUT2D eigenvalue weighted by Gasteiger charge is -2.32. The van der Waals surface area contributed by atoms with Crippen LogP contribution in [0.15, 0.2) is 77.7 Å². The monoisotopic (exact) mass is 563 g/mol. The van der Waals surface area contributed by atoms with Crippen LogP contribution in [0.1, 0.15) is 43.0 Å². The summed E-state index contributed by atoms with van der Waals surface area (Å²) in [7, 11) is -4.08. The molecule has 0 bridgehead atoms. The first-order valence-corrected chi connectivity index (χ1v) is 15.1. The van der Waals surface area contributed by atoms with Crippen LogP contribution in [-0.4, -0.2) is 50.8 Å². The van der Waals surface area contributed by atoms with Crippen molar-refractivity contribution < 1.29 is 18.0 Å². The second kappa shape index (κ2) is 13.6. The van der Waals surface area contributed by atoms with Crippen molar-refractivity contribution in [2.45, 2.75) is 58.9 Å². The Balaban J connectivity index is 1.99. The van der Waals surface area contributed by atoms with Crippen molar-refractivity contribution in [2.24, 2.45) is 5.92 Å². The van der Waals surface area contributed by atoms with Gasteiger partial charge in [-0.15, -0.1) is 0 Å². The summed E-state index contributed by atoms with van der Waals surface area (Å²) >= 11 is 0.